The Morgan fingerprint density at radius 3 is 2.28 bits per heavy atom. The molecule has 2 aromatic rings. The monoisotopic (exact) mass is 419 g/mol. The molecule has 7 nitrogen and oxygen atoms in total. The van der Waals surface area contributed by atoms with Crippen LogP contribution in [-0.4, -0.2) is 54.9 Å². The third-order valence-electron chi connectivity index (χ3n) is 5.80. The van der Waals surface area contributed by atoms with Crippen LogP contribution in [-0.2, 0) is 21.2 Å². The van der Waals surface area contributed by atoms with E-state index in [1.165, 1.54) is 4.31 Å². The quantitative estimate of drug-likeness (QED) is 0.719. The van der Waals surface area contributed by atoms with E-state index in [1.54, 1.807) is 24.0 Å². The standard InChI is InChI=1S/C21H29N3O4S/c1-5-15(2)18-6-8-19(9-7-18)29(26,27)24-12-10-23(11-13-24)21(25)14-20-16(3)22-28-17(20)4/h6-9,15H,5,10-14H2,1-4H3/t15-/m1/s1. The molecule has 8 heteroatoms. The van der Waals surface area contributed by atoms with E-state index in [1.807, 2.05) is 19.1 Å². The smallest absolute Gasteiger partial charge is 0.243 e. The summed E-state index contributed by atoms with van der Waals surface area (Å²) in [6, 6.07) is 7.16. The normalized spacial score (nSPS) is 16.8. The number of piperazine rings is 1. The van der Waals surface area contributed by atoms with Crippen LogP contribution in [0.3, 0.4) is 0 Å². The average Bonchev–Trinajstić information content (AvgIpc) is 3.05. The largest absolute Gasteiger partial charge is 0.361 e. The average molecular weight is 420 g/mol. The van der Waals surface area contributed by atoms with E-state index in [9.17, 15) is 13.2 Å². The van der Waals surface area contributed by atoms with Gasteiger partial charge in [-0.15, -0.1) is 0 Å². The first kappa shape index (κ1) is 21.5. The van der Waals surface area contributed by atoms with Gasteiger partial charge in [-0.05, 0) is 43.9 Å². The first-order chi connectivity index (χ1) is 13.7. The highest BCUT2D eigenvalue weighted by Gasteiger charge is 2.30. The molecule has 1 aromatic carbocycles. The fourth-order valence-corrected chi connectivity index (χ4v) is 4.97. The Morgan fingerprint density at radius 2 is 1.76 bits per heavy atom. The van der Waals surface area contributed by atoms with Crippen LogP contribution < -0.4 is 0 Å². The van der Waals surface area contributed by atoms with Crippen molar-refractivity contribution in [3.63, 3.8) is 0 Å². The number of carbonyl (C=O) groups is 1. The topological polar surface area (TPSA) is 83.7 Å². The molecule has 3 rings (SSSR count). The molecule has 0 unspecified atom stereocenters. The van der Waals surface area contributed by atoms with Gasteiger partial charge in [-0.2, -0.15) is 4.31 Å². The third kappa shape index (κ3) is 4.53. The predicted molar refractivity (Wildman–Crippen MR) is 110 cm³/mol. The van der Waals surface area contributed by atoms with Crippen molar-refractivity contribution in [2.45, 2.75) is 51.3 Å². The zero-order valence-electron chi connectivity index (χ0n) is 17.5. The molecule has 158 valence electrons. The molecule has 2 heterocycles. The number of benzene rings is 1. The van der Waals surface area contributed by atoms with Gasteiger partial charge in [0.2, 0.25) is 15.9 Å². The lowest BCUT2D eigenvalue weighted by Gasteiger charge is -2.34. The SMILES string of the molecule is CC[C@@H](C)c1ccc(S(=O)(=O)N2CCN(C(=O)Cc3c(C)noc3C)CC2)cc1. The van der Waals surface area contributed by atoms with Gasteiger partial charge in [0.05, 0.1) is 17.0 Å². The van der Waals surface area contributed by atoms with Gasteiger partial charge < -0.3 is 9.42 Å². The number of carbonyl (C=O) groups excluding carboxylic acids is 1. The van der Waals surface area contributed by atoms with Crippen LogP contribution in [0.25, 0.3) is 0 Å². The molecule has 0 spiro atoms. The number of aromatic nitrogens is 1. The molecular formula is C21H29N3O4S. The van der Waals surface area contributed by atoms with Gasteiger partial charge in [-0.25, -0.2) is 8.42 Å². The number of hydrogen-bond donors (Lipinski definition) is 0. The summed E-state index contributed by atoms with van der Waals surface area (Å²) in [6.45, 7) is 9.20. The summed E-state index contributed by atoms with van der Waals surface area (Å²) in [5.74, 6) is 1.02. The molecule has 1 aliphatic rings. The molecule has 1 fully saturated rings. The van der Waals surface area contributed by atoms with Crippen molar-refractivity contribution in [2.75, 3.05) is 26.2 Å². The number of aryl methyl sites for hydroxylation is 2. The first-order valence-electron chi connectivity index (χ1n) is 10.0. The Morgan fingerprint density at radius 1 is 1.14 bits per heavy atom. The summed E-state index contributed by atoms with van der Waals surface area (Å²) in [5.41, 5.74) is 2.67. The summed E-state index contributed by atoms with van der Waals surface area (Å²) >= 11 is 0. The minimum Gasteiger partial charge on any atom is -0.361 e. The maximum atomic E-state index is 13.0. The van der Waals surface area contributed by atoms with Crippen molar-refractivity contribution in [2.24, 2.45) is 0 Å². The number of sulfonamides is 1. The number of amides is 1. The minimum atomic E-state index is -3.55. The maximum Gasteiger partial charge on any atom is 0.243 e. The van der Waals surface area contributed by atoms with Gasteiger partial charge in [-0.3, -0.25) is 4.79 Å². The highest BCUT2D eigenvalue weighted by molar-refractivity contribution is 7.89. The predicted octanol–water partition coefficient (Wildman–Crippen LogP) is 2.88. The van der Waals surface area contributed by atoms with E-state index in [2.05, 4.69) is 19.0 Å². The lowest BCUT2D eigenvalue weighted by Crippen LogP contribution is -2.50. The van der Waals surface area contributed by atoms with Gasteiger partial charge >= 0.3 is 0 Å². The van der Waals surface area contributed by atoms with E-state index in [-0.39, 0.29) is 12.3 Å². The second kappa shape index (κ2) is 8.67. The Bertz CT molecular complexity index is 939. The molecule has 0 N–H and O–H groups in total. The molecule has 29 heavy (non-hydrogen) atoms. The molecule has 0 radical (unpaired) electrons. The molecule has 0 saturated carbocycles. The van der Waals surface area contributed by atoms with Crippen molar-refractivity contribution in [3.05, 3.63) is 46.8 Å². The van der Waals surface area contributed by atoms with E-state index < -0.39 is 10.0 Å². The Kier molecular flexibility index (Phi) is 6.43. The number of hydrogen-bond acceptors (Lipinski definition) is 5. The van der Waals surface area contributed by atoms with E-state index in [0.29, 0.717) is 42.8 Å². The van der Waals surface area contributed by atoms with Gasteiger partial charge in [0.25, 0.3) is 0 Å². The molecule has 1 aromatic heterocycles. The Hall–Kier alpha value is -2.19. The third-order valence-corrected chi connectivity index (χ3v) is 7.71. The van der Waals surface area contributed by atoms with Crippen LogP contribution in [0.15, 0.2) is 33.7 Å². The minimum absolute atomic E-state index is 0.0330. The van der Waals surface area contributed by atoms with Crippen molar-refractivity contribution >= 4 is 15.9 Å². The van der Waals surface area contributed by atoms with Gasteiger partial charge in [0.1, 0.15) is 5.76 Å². The van der Waals surface area contributed by atoms with Crippen LogP contribution in [0.2, 0.25) is 0 Å². The zero-order chi connectivity index (χ0) is 21.2. The van der Waals surface area contributed by atoms with Crippen LogP contribution in [0, 0.1) is 13.8 Å². The van der Waals surface area contributed by atoms with Gasteiger partial charge in [0, 0.05) is 31.7 Å². The van der Waals surface area contributed by atoms with E-state index >= 15 is 0 Å². The Labute approximate surface area is 172 Å². The Balaban J connectivity index is 1.62. The van der Waals surface area contributed by atoms with Gasteiger partial charge in [-0.1, -0.05) is 31.1 Å². The zero-order valence-corrected chi connectivity index (χ0v) is 18.3. The van der Waals surface area contributed by atoms with Gasteiger partial charge in [0.15, 0.2) is 0 Å². The molecular weight excluding hydrogens is 390 g/mol. The maximum absolute atomic E-state index is 13.0. The van der Waals surface area contributed by atoms with E-state index in [0.717, 1.165) is 23.2 Å². The van der Waals surface area contributed by atoms with Crippen molar-refractivity contribution < 1.29 is 17.7 Å². The molecule has 0 aliphatic carbocycles. The summed E-state index contributed by atoms with van der Waals surface area (Å²) in [7, 11) is -3.55. The second-order valence-corrected chi connectivity index (χ2v) is 9.58. The van der Waals surface area contributed by atoms with Crippen molar-refractivity contribution in [3.8, 4) is 0 Å². The lowest BCUT2D eigenvalue weighted by atomic mass is 9.99. The van der Waals surface area contributed by atoms with Crippen molar-refractivity contribution in [1.29, 1.82) is 0 Å². The summed E-state index contributed by atoms with van der Waals surface area (Å²) < 4.78 is 32.5. The second-order valence-electron chi connectivity index (χ2n) is 7.64. The van der Waals surface area contributed by atoms with Crippen LogP contribution in [0.5, 0.6) is 0 Å². The fraction of sp³-hybridized carbons (Fsp3) is 0.524. The molecule has 0 bridgehead atoms. The van der Waals surface area contributed by atoms with Crippen LogP contribution in [0.4, 0.5) is 0 Å². The van der Waals surface area contributed by atoms with E-state index in [4.69, 9.17) is 4.52 Å². The highest BCUT2D eigenvalue weighted by Crippen LogP contribution is 2.23. The first-order valence-corrected chi connectivity index (χ1v) is 11.5. The van der Waals surface area contributed by atoms with Crippen LogP contribution in [0.1, 0.15) is 48.8 Å². The number of nitrogens with zero attached hydrogens (tertiary/aromatic N) is 3. The summed E-state index contributed by atoms with van der Waals surface area (Å²) in [4.78, 5) is 14.6. The summed E-state index contributed by atoms with van der Waals surface area (Å²) in [5, 5.41) is 3.88. The molecule has 1 amide bonds. The molecule has 1 aliphatic heterocycles. The lowest BCUT2D eigenvalue weighted by molar-refractivity contribution is -0.131. The molecule has 1 atom stereocenters. The van der Waals surface area contributed by atoms with Crippen molar-refractivity contribution in [1.82, 2.24) is 14.4 Å². The highest BCUT2D eigenvalue weighted by atomic mass is 32.2. The number of rotatable bonds is 6. The molecule has 1 saturated heterocycles. The fourth-order valence-electron chi connectivity index (χ4n) is 3.55. The van der Waals surface area contributed by atoms with Crippen LogP contribution >= 0.6 is 0 Å². The summed E-state index contributed by atoms with van der Waals surface area (Å²) in [6.07, 6.45) is 1.24.